The van der Waals surface area contributed by atoms with Crippen molar-refractivity contribution in [1.29, 1.82) is 0 Å². The second kappa shape index (κ2) is 10.4. The Hall–Kier alpha value is -2.62. The zero-order valence-electron chi connectivity index (χ0n) is 15.1. The van der Waals surface area contributed by atoms with Gasteiger partial charge in [-0.25, -0.2) is 8.42 Å². The monoisotopic (exact) mass is 373 g/mol. The van der Waals surface area contributed by atoms with E-state index in [-0.39, 0.29) is 17.1 Å². The van der Waals surface area contributed by atoms with Crippen molar-refractivity contribution in [3.63, 3.8) is 0 Å². The second-order valence-corrected chi connectivity index (χ2v) is 7.54. The minimum atomic E-state index is -3.58. The van der Waals surface area contributed by atoms with E-state index in [1.165, 1.54) is 11.4 Å². The molecule has 2 aromatic rings. The lowest BCUT2D eigenvalue weighted by Crippen LogP contribution is -2.36. The summed E-state index contributed by atoms with van der Waals surface area (Å²) >= 11 is 0. The van der Waals surface area contributed by atoms with Crippen LogP contribution in [0.25, 0.3) is 0 Å². The van der Waals surface area contributed by atoms with Gasteiger partial charge in [0.2, 0.25) is 10.0 Å². The highest BCUT2D eigenvalue weighted by molar-refractivity contribution is 7.89. The minimum Gasteiger partial charge on any atom is -0.462 e. The maximum atomic E-state index is 12.5. The summed E-state index contributed by atoms with van der Waals surface area (Å²) in [7, 11) is -2.08. The highest BCUT2D eigenvalue weighted by Crippen LogP contribution is 2.18. The molecular formula is C20H23NO4S. The molecule has 5 nitrogen and oxygen atoms in total. The number of hydrogen-bond donors (Lipinski definition) is 1. The number of sulfonamides is 1. The van der Waals surface area contributed by atoms with Crippen LogP contribution in [0.15, 0.2) is 65.6 Å². The zero-order chi connectivity index (χ0) is 19.6. The van der Waals surface area contributed by atoms with Crippen molar-refractivity contribution in [3.8, 4) is 12.0 Å². The molecule has 0 aliphatic rings. The summed E-state index contributed by atoms with van der Waals surface area (Å²) in [5, 5.41) is 7.51. The molecule has 0 aliphatic carbocycles. The summed E-state index contributed by atoms with van der Waals surface area (Å²) in [6.45, 7) is 3.31. The summed E-state index contributed by atoms with van der Waals surface area (Å²) < 4.78 is 26.3. The number of ketones is 1. The zero-order valence-corrected chi connectivity index (χ0v) is 15.9. The van der Waals surface area contributed by atoms with Crippen LogP contribution >= 0.6 is 0 Å². The first-order valence-electron chi connectivity index (χ1n) is 8.01. The SMILES string of the molecule is CC#CO.CC(CC(=O)c1ccccc1)N(C)S(=O)(=O)c1ccccc1. The number of aliphatic hydroxyl groups is 1. The van der Waals surface area contributed by atoms with E-state index in [1.807, 2.05) is 6.07 Å². The second-order valence-electron chi connectivity index (χ2n) is 5.54. The van der Waals surface area contributed by atoms with Crippen molar-refractivity contribution >= 4 is 15.8 Å². The summed E-state index contributed by atoms with van der Waals surface area (Å²) in [6.07, 6.45) is 1.83. The molecule has 2 rings (SSSR count). The van der Waals surface area contributed by atoms with Gasteiger partial charge in [-0.05, 0) is 19.1 Å². The maximum absolute atomic E-state index is 12.5. The molecule has 6 heteroatoms. The molecule has 0 radical (unpaired) electrons. The quantitative estimate of drug-likeness (QED) is 0.623. The number of rotatable bonds is 6. The van der Waals surface area contributed by atoms with Crippen molar-refractivity contribution in [1.82, 2.24) is 4.31 Å². The first kappa shape index (κ1) is 21.4. The van der Waals surface area contributed by atoms with Crippen LogP contribution in [-0.4, -0.2) is 36.7 Å². The van der Waals surface area contributed by atoms with Gasteiger partial charge in [-0.2, -0.15) is 4.31 Å². The van der Waals surface area contributed by atoms with E-state index < -0.39 is 16.1 Å². The fraction of sp³-hybridized carbons (Fsp3) is 0.250. The molecule has 1 N–H and O–H groups in total. The molecule has 0 spiro atoms. The predicted octanol–water partition coefficient (Wildman–Crippen LogP) is 3.31. The summed E-state index contributed by atoms with van der Waals surface area (Å²) in [4.78, 5) is 12.4. The lowest BCUT2D eigenvalue weighted by atomic mass is 10.1. The fourth-order valence-corrected chi connectivity index (χ4v) is 3.52. The van der Waals surface area contributed by atoms with Crippen LogP contribution in [0.3, 0.4) is 0 Å². The Morgan fingerprint density at radius 2 is 1.54 bits per heavy atom. The number of Topliss-reactive ketones (excluding diaryl/α,β-unsaturated/α-hetero) is 1. The molecule has 0 saturated heterocycles. The summed E-state index contributed by atoms with van der Waals surface area (Å²) in [5.74, 6) is 2.17. The van der Waals surface area contributed by atoms with E-state index in [1.54, 1.807) is 74.6 Å². The number of nitrogens with zero attached hydrogens (tertiary/aromatic N) is 1. The number of benzene rings is 2. The van der Waals surface area contributed by atoms with E-state index in [0.717, 1.165) is 0 Å². The Bertz CT molecular complexity index is 847. The Balaban J connectivity index is 0.000000765. The molecule has 138 valence electrons. The predicted molar refractivity (Wildman–Crippen MR) is 102 cm³/mol. The third-order valence-electron chi connectivity index (χ3n) is 3.73. The normalized spacial score (nSPS) is 11.5. The standard InChI is InChI=1S/C17H19NO3S.C3H4O/c1-14(13-17(19)15-9-5-3-6-10-15)18(2)22(20,21)16-11-7-4-8-12-16;1-2-3-4/h3-12,14H,13H2,1-2H3;4H,1H3. The lowest BCUT2D eigenvalue weighted by molar-refractivity contribution is 0.0962. The number of hydrogen-bond acceptors (Lipinski definition) is 4. The van der Waals surface area contributed by atoms with Gasteiger partial charge in [0.05, 0.1) is 4.90 Å². The molecule has 0 aromatic heterocycles. The molecular weight excluding hydrogens is 350 g/mol. The summed E-state index contributed by atoms with van der Waals surface area (Å²) in [5.41, 5.74) is 0.597. The Morgan fingerprint density at radius 3 is 2.00 bits per heavy atom. The van der Waals surface area contributed by atoms with Crippen LogP contribution in [0.4, 0.5) is 0 Å². The number of aliphatic hydroxyl groups excluding tert-OH is 1. The van der Waals surface area contributed by atoms with E-state index in [9.17, 15) is 13.2 Å². The smallest absolute Gasteiger partial charge is 0.243 e. The lowest BCUT2D eigenvalue weighted by Gasteiger charge is -2.23. The molecule has 0 heterocycles. The van der Waals surface area contributed by atoms with Crippen LogP contribution in [0.2, 0.25) is 0 Å². The van der Waals surface area contributed by atoms with E-state index in [4.69, 9.17) is 5.11 Å². The first-order valence-corrected chi connectivity index (χ1v) is 9.45. The number of carbonyl (C=O) groups is 1. The Kier molecular flexibility index (Phi) is 8.56. The van der Waals surface area contributed by atoms with Gasteiger partial charge in [0.1, 0.15) is 6.11 Å². The van der Waals surface area contributed by atoms with Crippen LogP contribution in [0.1, 0.15) is 30.6 Å². The average Bonchev–Trinajstić information content (AvgIpc) is 2.68. The molecule has 1 unspecified atom stereocenters. The van der Waals surface area contributed by atoms with Crippen molar-refractivity contribution in [3.05, 3.63) is 66.2 Å². The highest BCUT2D eigenvalue weighted by Gasteiger charge is 2.26. The van der Waals surface area contributed by atoms with Gasteiger partial charge in [-0.1, -0.05) is 54.5 Å². The Morgan fingerprint density at radius 1 is 1.08 bits per heavy atom. The van der Waals surface area contributed by atoms with Gasteiger partial charge in [0, 0.05) is 32.0 Å². The van der Waals surface area contributed by atoms with Crippen LogP contribution in [0, 0.1) is 12.0 Å². The van der Waals surface area contributed by atoms with E-state index >= 15 is 0 Å². The van der Waals surface area contributed by atoms with Crippen molar-refractivity contribution in [2.75, 3.05) is 7.05 Å². The third kappa shape index (κ3) is 6.03. The molecule has 1 atom stereocenters. The van der Waals surface area contributed by atoms with Gasteiger partial charge >= 0.3 is 0 Å². The molecule has 0 fully saturated rings. The molecule has 2 aromatic carbocycles. The van der Waals surface area contributed by atoms with E-state index in [2.05, 4.69) is 5.92 Å². The third-order valence-corrected chi connectivity index (χ3v) is 5.72. The van der Waals surface area contributed by atoms with Gasteiger partial charge in [0.25, 0.3) is 0 Å². The van der Waals surface area contributed by atoms with Crippen LogP contribution < -0.4 is 0 Å². The van der Waals surface area contributed by atoms with E-state index in [0.29, 0.717) is 5.56 Å². The molecule has 0 aliphatic heterocycles. The van der Waals surface area contributed by atoms with Crippen molar-refractivity contribution in [2.24, 2.45) is 0 Å². The molecule has 0 amide bonds. The van der Waals surface area contributed by atoms with Crippen molar-refractivity contribution in [2.45, 2.75) is 31.2 Å². The van der Waals surface area contributed by atoms with Crippen LogP contribution in [-0.2, 0) is 10.0 Å². The topological polar surface area (TPSA) is 74.7 Å². The maximum Gasteiger partial charge on any atom is 0.243 e. The molecule has 0 bridgehead atoms. The van der Waals surface area contributed by atoms with Gasteiger partial charge in [-0.3, -0.25) is 4.79 Å². The van der Waals surface area contributed by atoms with Gasteiger partial charge < -0.3 is 5.11 Å². The first-order chi connectivity index (χ1) is 12.3. The fourth-order valence-electron chi connectivity index (χ4n) is 2.13. The highest BCUT2D eigenvalue weighted by atomic mass is 32.2. The van der Waals surface area contributed by atoms with Gasteiger partial charge in [-0.15, -0.1) is 0 Å². The van der Waals surface area contributed by atoms with Crippen LogP contribution in [0.5, 0.6) is 0 Å². The molecule has 26 heavy (non-hydrogen) atoms. The largest absolute Gasteiger partial charge is 0.462 e. The minimum absolute atomic E-state index is 0.0665. The van der Waals surface area contributed by atoms with Gasteiger partial charge in [0.15, 0.2) is 5.78 Å². The summed E-state index contributed by atoms with van der Waals surface area (Å²) in [6, 6.07) is 16.7. The van der Waals surface area contributed by atoms with Crippen molar-refractivity contribution < 1.29 is 18.3 Å². The average molecular weight is 373 g/mol. The molecule has 0 saturated carbocycles. The Labute approximate surface area is 155 Å². The number of carbonyl (C=O) groups excluding carboxylic acids is 1.